The third-order valence-corrected chi connectivity index (χ3v) is 3.28. The van der Waals surface area contributed by atoms with Crippen molar-refractivity contribution in [1.82, 2.24) is 5.32 Å². The molecule has 0 aliphatic rings. The van der Waals surface area contributed by atoms with Crippen molar-refractivity contribution in [1.29, 1.82) is 0 Å². The quantitative estimate of drug-likeness (QED) is 0.788. The monoisotopic (exact) mass is 324 g/mol. The number of amides is 1. The van der Waals surface area contributed by atoms with Gasteiger partial charge in [0.25, 0.3) is 0 Å². The van der Waals surface area contributed by atoms with Gasteiger partial charge >= 0.3 is 0 Å². The summed E-state index contributed by atoms with van der Waals surface area (Å²) in [5.41, 5.74) is 1.83. The van der Waals surface area contributed by atoms with E-state index >= 15 is 0 Å². The van der Waals surface area contributed by atoms with E-state index in [-0.39, 0.29) is 18.5 Å². The molecule has 5 heteroatoms. The second-order valence-corrected chi connectivity index (χ2v) is 4.84. The summed E-state index contributed by atoms with van der Waals surface area (Å²) in [5.74, 6) is 2.23. The van der Waals surface area contributed by atoms with Crippen LogP contribution in [0.1, 0.15) is 12.5 Å². The van der Waals surface area contributed by atoms with Gasteiger partial charge in [-0.1, -0.05) is 27.9 Å². The molecule has 19 heavy (non-hydrogen) atoms. The molecule has 102 valence electrons. The molecule has 1 aromatic rings. The van der Waals surface area contributed by atoms with Crippen LogP contribution in [0.4, 0.5) is 5.69 Å². The number of hydrogen-bond acceptors (Lipinski definition) is 3. The van der Waals surface area contributed by atoms with Gasteiger partial charge < -0.3 is 15.4 Å². The highest BCUT2D eigenvalue weighted by molar-refractivity contribution is 9.10. The van der Waals surface area contributed by atoms with Crippen molar-refractivity contribution in [3.8, 4) is 12.3 Å². The van der Waals surface area contributed by atoms with Crippen molar-refractivity contribution in [2.75, 3.05) is 19.0 Å². The van der Waals surface area contributed by atoms with Crippen molar-refractivity contribution >= 4 is 27.5 Å². The molecular formula is C14H17BrN2O2. The molecule has 1 rings (SSSR count). The molecule has 1 unspecified atom stereocenters. The number of anilines is 1. The molecule has 1 atom stereocenters. The Labute approximate surface area is 122 Å². The second-order valence-electron chi connectivity index (χ2n) is 3.99. The summed E-state index contributed by atoms with van der Waals surface area (Å²) in [6.45, 7) is 2.47. The van der Waals surface area contributed by atoms with Gasteiger partial charge in [-0.25, -0.2) is 0 Å². The van der Waals surface area contributed by atoms with Gasteiger partial charge in [0.15, 0.2) is 0 Å². The fourth-order valence-corrected chi connectivity index (χ4v) is 2.06. The fraction of sp³-hybridized carbons (Fsp3) is 0.357. The molecule has 0 aliphatic carbocycles. The number of nitrogens with one attached hydrogen (secondary N) is 2. The van der Waals surface area contributed by atoms with Crippen LogP contribution in [0, 0.1) is 12.3 Å². The summed E-state index contributed by atoms with van der Waals surface area (Å²) >= 11 is 3.47. The van der Waals surface area contributed by atoms with Crippen LogP contribution in [0.25, 0.3) is 0 Å². The third-order valence-electron chi connectivity index (χ3n) is 2.54. The van der Waals surface area contributed by atoms with Crippen LogP contribution in [0.5, 0.6) is 0 Å². The number of hydrogen-bond donors (Lipinski definition) is 2. The Balaban J connectivity index is 2.79. The van der Waals surface area contributed by atoms with Gasteiger partial charge in [-0.3, -0.25) is 4.79 Å². The SMILES string of the molecule is C#CCNC(=O)C(C)Nc1cccc(Br)c1COC. The van der Waals surface area contributed by atoms with Crippen molar-refractivity contribution in [3.05, 3.63) is 28.2 Å². The zero-order chi connectivity index (χ0) is 14.3. The largest absolute Gasteiger partial charge is 0.380 e. The molecule has 0 aromatic heterocycles. The number of methoxy groups -OCH3 is 1. The number of carbonyl (C=O) groups is 1. The lowest BCUT2D eigenvalue weighted by atomic mass is 10.1. The molecule has 4 nitrogen and oxygen atoms in total. The van der Waals surface area contributed by atoms with Crippen LogP contribution in [0.3, 0.4) is 0 Å². The first kappa shape index (κ1) is 15.5. The van der Waals surface area contributed by atoms with Crippen molar-refractivity contribution in [2.45, 2.75) is 19.6 Å². The molecule has 0 radical (unpaired) electrons. The van der Waals surface area contributed by atoms with E-state index in [1.54, 1.807) is 14.0 Å². The maximum atomic E-state index is 11.7. The van der Waals surface area contributed by atoms with Crippen LogP contribution < -0.4 is 10.6 Å². The normalized spacial score (nSPS) is 11.5. The molecule has 0 heterocycles. The van der Waals surface area contributed by atoms with E-state index in [9.17, 15) is 4.79 Å². The summed E-state index contributed by atoms with van der Waals surface area (Å²) in [5, 5.41) is 5.79. The number of terminal acetylenes is 1. The van der Waals surface area contributed by atoms with Gasteiger partial charge in [-0.15, -0.1) is 6.42 Å². The smallest absolute Gasteiger partial charge is 0.242 e. The first-order chi connectivity index (χ1) is 9.10. The maximum Gasteiger partial charge on any atom is 0.242 e. The van der Waals surface area contributed by atoms with Crippen LogP contribution in [0.2, 0.25) is 0 Å². The average molecular weight is 325 g/mol. The van der Waals surface area contributed by atoms with Crippen molar-refractivity contribution in [2.24, 2.45) is 0 Å². The predicted molar refractivity (Wildman–Crippen MR) is 79.8 cm³/mol. The molecule has 0 fully saturated rings. The van der Waals surface area contributed by atoms with Gasteiger partial charge in [0.1, 0.15) is 6.04 Å². The van der Waals surface area contributed by atoms with Crippen molar-refractivity contribution in [3.63, 3.8) is 0 Å². The molecule has 2 N–H and O–H groups in total. The summed E-state index contributed by atoms with van der Waals surface area (Å²) in [6.07, 6.45) is 5.11. The number of benzene rings is 1. The lowest BCUT2D eigenvalue weighted by molar-refractivity contribution is -0.121. The Kier molecular flexibility index (Phi) is 6.40. The van der Waals surface area contributed by atoms with E-state index in [0.717, 1.165) is 15.7 Å². The van der Waals surface area contributed by atoms with E-state index < -0.39 is 0 Å². The van der Waals surface area contributed by atoms with E-state index in [2.05, 4.69) is 32.5 Å². The Morgan fingerprint density at radius 1 is 1.58 bits per heavy atom. The van der Waals surface area contributed by atoms with E-state index in [4.69, 9.17) is 11.2 Å². The number of carbonyl (C=O) groups excluding carboxylic acids is 1. The maximum absolute atomic E-state index is 11.7. The van der Waals surface area contributed by atoms with Crippen LogP contribution in [0.15, 0.2) is 22.7 Å². The molecule has 0 saturated heterocycles. The van der Waals surface area contributed by atoms with Crippen molar-refractivity contribution < 1.29 is 9.53 Å². The molecule has 1 amide bonds. The third kappa shape index (κ3) is 4.58. The Hall–Kier alpha value is -1.51. The summed E-state index contributed by atoms with van der Waals surface area (Å²) in [7, 11) is 1.63. The van der Waals surface area contributed by atoms with Crippen LogP contribution in [-0.4, -0.2) is 25.6 Å². The molecule has 0 aliphatic heterocycles. The van der Waals surface area contributed by atoms with E-state index in [1.165, 1.54) is 0 Å². The molecule has 0 bridgehead atoms. The lowest BCUT2D eigenvalue weighted by Gasteiger charge is -2.18. The highest BCUT2D eigenvalue weighted by Gasteiger charge is 2.14. The zero-order valence-corrected chi connectivity index (χ0v) is 12.6. The minimum absolute atomic E-state index is 0.138. The zero-order valence-electron chi connectivity index (χ0n) is 11.0. The Bertz CT molecular complexity index is 483. The number of rotatable bonds is 6. The van der Waals surface area contributed by atoms with Crippen LogP contribution >= 0.6 is 15.9 Å². The fourth-order valence-electron chi connectivity index (χ4n) is 1.57. The Morgan fingerprint density at radius 3 is 2.95 bits per heavy atom. The van der Waals surface area contributed by atoms with Gasteiger partial charge in [-0.05, 0) is 19.1 Å². The molecule has 0 saturated carbocycles. The first-order valence-electron chi connectivity index (χ1n) is 5.84. The van der Waals surface area contributed by atoms with E-state index in [0.29, 0.717) is 6.61 Å². The lowest BCUT2D eigenvalue weighted by Crippen LogP contribution is -2.37. The highest BCUT2D eigenvalue weighted by Crippen LogP contribution is 2.26. The minimum atomic E-state index is -0.377. The molecule has 1 aromatic carbocycles. The first-order valence-corrected chi connectivity index (χ1v) is 6.63. The molecular weight excluding hydrogens is 308 g/mol. The van der Waals surface area contributed by atoms with Gasteiger partial charge in [0.05, 0.1) is 13.2 Å². The number of ether oxygens (including phenoxy) is 1. The second kappa shape index (κ2) is 7.82. The van der Waals surface area contributed by atoms with Gasteiger partial charge in [0.2, 0.25) is 5.91 Å². The minimum Gasteiger partial charge on any atom is -0.380 e. The van der Waals surface area contributed by atoms with Crippen LogP contribution in [-0.2, 0) is 16.1 Å². The van der Waals surface area contributed by atoms with Gasteiger partial charge in [0, 0.05) is 22.8 Å². The predicted octanol–water partition coefficient (Wildman–Crippen LogP) is 2.15. The number of halogens is 1. The van der Waals surface area contributed by atoms with Gasteiger partial charge in [-0.2, -0.15) is 0 Å². The molecule has 0 spiro atoms. The standard InChI is InChI=1S/C14H17BrN2O2/c1-4-8-16-14(18)10(2)17-13-7-5-6-12(15)11(13)9-19-3/h1,5-7,10,17H,8-9H2,2-3H3,(H,16,18). The van der Waals surface area contributed by atoms with E-state index in [1.807, 2.05) is 18.2 Å². The average Bonchev–Trinajstić information content (AvgIpc) is 2.39. The summed E-state index contributed by atoms with van der Waals surface area (Å²) in [4.78, 5) is 11.7. The topological polar surface area (TPSA) is 50.4 Å². The highest BCUT2D eigenvalue weighted by atomic mass is 79.9. The summed E-state index contributed by atoms with van der Waals surface area (Å²) < 4.78 is 6.10. The summed E-state index contributed by atoms with van der Waals surface area (Å²) in [6, 6.07) is 5.36. The Morgan fingerprint density at radius 2 is 2.32 bits per heavy atom.